The smallest absolute Gasteiger partial charge is 0.137 e. The minimum atomic E-state index is 0.513. The van der Waals surface area contributed by atoms with Crippen molar-refractivity contribution >= 4 is 5.69 Å². The number of nitrogens with two attached hydrogens (primary N) is 1. The van der Waals surface area contributed by atoms with Crippen molar-refractivity contribution in [2.45, 2.75) is 39.0 Å². The van der Waals surface area contributed by atoms with Crippen LogP contribution in [0.1, 0.15) is 44.6 Å². The molecule has 1 aromatic rings. The van der Waals surface area contributed by atoms with Gasteiger partial charge in [0.05, 0.1) is 12.2 Å². The zero-order chi connectivity index (χ0) is 12.5. The van der Waals surface area contributed by atoms with E-state index < -0.39 is 0 Å². The molecule has 3 nitrogen and oxygen atoms in total. The Balaban J connectivity index is 2.34. The van der Waals surface area contributed by atoms with Crippen molar-refractivity contribution in [3.63, 3.8) is 0 Å². The number of nitrogen functional groups attached to an aromatic ring is 1. The third-order valence-corrected chi connectivity index (χ3v) is 2.63. The molecule has 2 N–H and O–H groups in total. The first-order chi connectivity index (χ1) is 8.27. The fourth-order valence-corrected chi connectivity index (χ4v) is 1.65. The van der Waals surface area contributed by atoms with E-state index in [4.69, 9.17) is 15.7 Å². The monoisotopic (exact) mass is 232 g/mol. The van der Waals surface area contributed by atoms with Crippen molar-refractivity contribution in [2.24, 2.45) is 0 Å². The summed E-state index contributed by atoms with van der Waals surface area (Å²) >= 11 is 0. The highest BCUT2D eigenvalue weighted by molar-refractivity contribution is 5.53. The Morgan fingerprint density at radius 2 is 2.00 bits per heavy atom. The van der Waals surface area contributed by atoms with Gasteiger partial charge in [0.1, 0.15) is 11.8 Å². The standard InChI is InChI=1S/C14H20N2O/c1-2-3-4-5-6-9-17-14-8-7-13(16)10-12(14)11-15/h7-8,10H,2-6,9,16H2,1H3. The van der Waals surface area contributed by atoms with E-state index in [2.05, 4.69) is 13.0 Å². The minimum absolute atomic E-state index is 0.513. The Morgan fingerprint density at radius 1 is 1.24 bits per heavy atom. The predicted molar refractivity (Wildman–Crippen MR) is 69.8 cm³/mol. The van der Waals surface area contributed by atoms with Gasteiger partial charge in [-0.25, -0.2) is 0 Å². The quantitative estimate of drug-likeness (QED) is 0.578. The Morgan fingerprint density at radius 3 is 2.71 bits per heavy atom. The molecular formula is C14H20N2O. The van der Waals surface area contributed by atoms with Crippen LogP contribution in [0.2, 0.25) is 0 Å². The maximum atomic E-state index is 8.93. The molecule has 0 aromatic heterocycles. The maximum absolute atomic E-state index is 8.93. The molecule has 3 heteroatoms. The fourth-order valence-electron chi connectivity index (χ4n) is 1.65. The molecule has 1 rings (SSSR count). The minimum Gasteiger partial charge on any atom is -0.492 e. The summed E-state index contributed by atoms with van der Waals surface area (Å²) in [5, 5.41) is 8.93. The Hall–Kier alpha value is -1.69. The normalized spacial score (nSPS) is 9.88. The van der Waals surface area contributed by atoms with Gasteiger partial charge in [-0.05, 0) is 24.6 Å². The highest BCUT2D eigenvalue weighted by Gasteiger charge is 2.03. The highest BCUT2D eigenvalue weighted by Crippen LogP contribution is 2.20. The number of anilines is 1. The summed E-state index contributed by atoms with van der Waals surface area (Å²) in [6, 6.07) is 7.26. The molecule has 0 saturated carbocycles. The first-order valence-electron chi connectivity index (χ1n) is 6.20. The molecule has 0 saturated heterocycles. The van der Waals surface area contributed by atoms with Gasteiger partial charge in [-0.2, -0.15) is 5.26 Å². The van der Waals surface area contributed by atoms with E-state index in [1.807, 2.05) is 0 Å². The van der Waals surface area contributed by atoms with Crippen molar-refractivity contribution in [1.82, 2.24) is 0 Å². The number of ether oxygens (including phenoxy) is 1. The zero-order valence-corrected chi connectivity index (χ0v) is 10.4. The molecule has 0 bridgehead atoms. The number of hydrogen-bond acceptors (Lipinski definition) is 3. The average molecular weight is 232 g/mol. The molecule has 0 radical (unpaired) electrons. The predicted octanol–water partition coefficient (Wildman–Crippen LogP) is 3.49. The number of unbranched alkanes of at least 4 members (excludes halogenated alkanes) is 4. The second-order valence-corrected chi connectivity index (χ2v) is 4.13. The average Bonchev–Trinajstić information content (AvgIpc) is 2.35. The molecule has 0 amide bonds. The first kappa shape index (κ1) is 13.4. The Bertz CT molecular complexity index is 382. The van der Waals surface area contributed by atoms with Crippen molar-refractivity contribution in [3.05, 3.63) is 23.8 Å². The van der Waals surface area contributed by atoms with E-state index in [1.54, 1.807) is 18.2 Å². The van der Waals surface area contributed by atoms with E-state index in [-0.39, 0.29) is 0 Å². The molecule has 17 heavy (non-hydrogen) atoms. The van der Waals surface area contributed by atoms with Gasteiger partial charge >= 0.3 is 0 Å². The second kappa shape index (κ2) is 7.56. The molecule has 0 aliphatic rings. The molecule has 0 unspecified atom stereocenters. The summed E-state index contributed by atoms with van der Waals surface area (Å²) in [5.41, 5.74) is 6.71. The van der Waals surface area contributed by atoms with Crippen molar-refractivity contribution < 1.29 is 4.74 Å². The van der Waals surface area contributed by atoms with Crippen LogP contribution in [-0.2, 0) is 0 Å². The lowest BCUT2D eigenvalue weighted by Gasteiger charge is -2.08. The van der Waals surface area contributed by atoms with Gasteiger partial charge in [0.2, 0.25) is 0 Å². The van der Waals surface area contributed by atoms with Gasteiger partial charge in [-0.3, -0.25) is 0 Å². The van der Waals surface area contributed by atoms with Crippen LogP contribution in [0.15, 0.2) is 18.2 Å². The van der Waals surface area contributed by atoms with E-state index in [0.717, 1.165) is 6.42 Å². The van der Waals surface area contributed by atoms with Gasteiger partial charge in [0.25, 0.3) is 0 Å². The molecule has 0 aliphatic heterocycles. The van der Waals surface area contributed by atoms with Crippen LogP contribution >= 0.6 is 0 Å². The molecule has 0 heterocycles. The molecule has 0 fully saturated rings. The highest BCUT2D eigenvalue weighted by atomic mass is 16.5. The first-order valence-corrected chi connectivity index (χ1v) is 6.20. The summed E-state index contributed by atoms with van der Waals surface area (Å²) in [4.78, 5) is 0. The maximum Gasteiger partial charge on any atom is 0.137 e. The fraction of sp³-hybridized carbons (Fsp3) is 0.500. The van der Waals surface area contributed by atoms with E-state index in [1.165, 1.54) is 25.7 Å². The van der Waals surface area contributed by atoms with E-state index >= 15 is 0 Å². The molecular weight excluding hydrogens is 212 g/mol. The summed E-state index contributed by atoms with van der Waals surface area (Å²) in [5.74, 6) is 0.636. The Labute approximate surface area is 103 Å². The summed E-state index contributed by atoms with van der Waals surface area (Å²) in [6.07, 6.45) is 6.01. The van der Waals surface area contributed by atoms with Crippen molar-refractivity contribution in [1.29, 1.82) is 5.26 Å². The summed E-state index contributed by atoms with van der Waals surface area (Å²) in [6.45, 7) is 2.87. The molecule has 0 spiro atoms. The summed E-state index contributed by atoms with van der Waals surface area (Å²) in [7, 11) is 0. The van der Waals surface area contributed by atoms with Crippen LogP contribution in [0.25, 0.3) is 0 Å². The molecule has 92 valence electrons. The lowest BCUT2D eigenvalue weighted by Crippen LogP contribution is -1.99. The van der Waals surface area contributed by atoms with Gasteiger partial charge in [-0.1, -0.05) is 32.6 Å². The molecule has 0 atom stereocenters. The van der Waals surface area contributed by atoms with Crippen LogP contribution in [0.3, 0.4) is 0 Å². The van der Waals surface area contributed by atoms with Gasteiger partial charge in [-0.15, -0.1) is 0 Å². The van der Waals surface area contributed by atoms with Crippen LogP contribution in [0.5, 0.6) is 5.75 Å². The van der Waals surface area contributed by atoms with Gasteiger partial charge in [0, 0.05) is 5.69 Å². The molecule has 0 aliphatic carbocycles. The van der Waals surface area contributed by atoms with E-state index in [0.29, 0.717) is 23.6 Å². The van der Waals surface area contributed by atoms with Gasteiger partial charge < -0.3 is 10.5 Å². The number of nitriles is 1. The lowest BCUT2D eigenvalue weighted by atomic mass is 10.1. The number of rotatable bonds is 7. The van der Waals surface area contributed by atoms with E-state index in [9.17, 15) is 0 Å². The van der Waals surface area contributed by atoms with Crippen LogP contribution in [-0.4, -0.2) is 6.61 Å². The van der Waals surface area contributed by atoms with Crippen molar-refractivity contribution in [3.8, 4) is 11.8 Å². The van der Waals surface area contributed by atoms with Crippen LogP contribution in [0, 0.1) is 11.3 Å². The third kappa shape index (κ3) is 4.78. The third-order valence-electron chi connectivity index (χ3n) is 2.63. The summed E-state index contributed by atoms with van der Waals surface area (Å²) < 4.78 is 5.59. The second-order valence-electron chi connectivity index (χ2n) is 4.13. The SMILES string of the molecule is CCCCCCCOc1ccc(N)cc1C#N. The Kier molecular flexibility index (Phi) is 5.95. The number of nitrogens with zero attached hydrogens (tertiary/aromatic N) is 1. The lowest BCUT2D eigenvalue weighted by molar-refractivity contribution is 0.304. The zero-order valence-electron chi connectivity index (χ0n) is 10.4. The van der Waals surface area contributed by atoms with Gasteiger partial charge in [0.15, 0.2) is 0 Å². The number of hydrogen-bond donors (Lipinski definition) is 1. The van der Waals surface area contributed by atoms with Crippen LogP contribution in [0.4, 0.5) is 5.69 Å². The largest absolute Gasteiger partial charge is 0.492 e. The van der Waals surface area contributed by atoms with Crippen molar-refractivity contribution in [2.75, 3.05) is 12.3 Å². The van der Waals surface area contributed by atoms with Crippen LogP contribution < -0.4 is 10.5 Å². The molecule has 1 aromatic carbocycles. The number of benzene rings is 1. The topological polar surface area (TPSA) is 59.0 Å².